The lowest BCUT2D eigenvalue weighted by Crippen LogP contribution is -2.47. The number of amides is 2. The number of likely N-dealkylation sites (N-methyl/N-ethyl adjacent to an activating group) is 1. The van der Waals surface area contributed by atoms with Gasteiger partial charge in [0.25, 0.3) is 0 Å². The van der Waals surface area contributed by atoms with Gasteiger partial charge >= 0.3 is 0 Å². The van der Waals surface area contributed by atoms with E-state index in [2.05, 4.69) is 5.32 Å². The van der Waals surface area contributed by atoms with Crippen molar-refractivity contribution in [3.8, 4) is 0 Å². The maximum atomic E-state index is 12.2. The molecule has 0 heterocycles. The van der Waals surface area contributed by atoms with Crippen molar-refractivity contribution in [2.75, 3.05) is 6.54 Å². The maximum Gasteiger partial charge on any atom is 0.242 e. The predicted molar refractivity (Wildman–Crippen MR) is 80.0 cm³/mol. The van der Waals surface area contributed by atoms with Crippen LogP contribution in [0.1, 0.15) is 39.2 Å². The summed E-state index contributed by atoms with van der Waals surface area (Å²) in [5.41, 5.74) is 1.04. The molecule has 2 amide bonds. The van der Waals surface area contributed by atoms with Crippen LogP contribution in [0.2, 0.25) is 0 Å². The summed E-state index contributed by atoms with van der Waals surface area (Å²) in [6.45, 7) is 6.67. The van der Waals surface area contributed by atoms with Crippen molar-refractivity contribution >= 4 is 11.8 Å². The van der Waals surface area contributed by atoms with Crippen LogP contribution in [0.3, 0.4) is 0 Å². The number of rotatable bonds is 7. The van der Waals surface area contributed by atoms with E-state index in [9.17, 15) is 9.59 Å². The molecule has 110 valence electrons. The highest BCUT2D eigenvalue weighted by Crippen LogP contribution is 2.11. The molecule has 0 radical (unpaired) electrons. The van der Waals surface area contributed by atoms with Gasteiger partial charge in [-0.1, -0.05) is 37.3 Å². The molecular formula is C16H24N2O2. The highest BCUT2D eigenvalue weighted by atomic mass is 16.2. The van der Waals surface area contributed by atoms with Crippen LogP contribution in [0, 0.1) is 0 Å². The molecule has 20 heavy (non-hydrogen) atoms. The van der Waals surface area contributed by atoms with Gasteiger partial charge in [-0.25, -0.2) is 0 Å². The molecule has 1 unspecified atom stereocenters. The van der Waals surface area contributed by atoms with E-state index in [1.54, 1.807) is 11.8 Å². The second-order valence-electron chi connectivity index (χ2n) is 4.83. The third-order valence-corrected chi connectivity index (χ3v) is 3.18. The molecule has 1 rings (SSSR count). The Kier molecular flexibility index (Phi) is 6.77. The Labute approximate surface area is 121 Å². The van der Waals surface area contributed by atoms with Crippen molar-refractivity contribution < 1.29 is 9.59 Å². The average molecular weight is 276 g/mol. The summed E-state index contributed by atoms with van der Waals surface area (Å²) in [5.74, 6) is -0.0806. The summed E-state index contributed by atoms with van der Waals surface area (Å²) in [4.78, 5) is 25.9. The largest absolute Gasteiger partial charge is 0.355 e. The molecule has 0 bridgehead atoms. The molecule has 1 aromatic rings. The van der Waals surface area contributed by atoms with Crippen molar-refractivity contribution in [3.63, 3.8) is 0 Å². The first-order chi connectivity index (χ1) is 9.60. The standard InChI is InChI=1S/C16H24N2O2/c1-4-9-15(19)18(13(3)16(20)17-5-2)12-14-10-7-6-8-11-14/h6-8,10-11,13H,4-5,9,12H2,1-3H3,(H,17,20). The third-order valence-electron chi connectivity index (χ3n) is 3.18. The predicted octanol–water partition coefficient (Wildman–Crippen LogP) is 2.34. The Hall–Kier alpha value is -1.84. The molecule has 0 aromatic heterocycles. The SMILES string of the molecule is CCCC(=O)N(Cc1ccccc1)C(C)C(=O)NCC. The van der Waals surface area contributed by atoms with Gasteiger partial charge in [0.15, 0.2) is 0 Å². The molecule has 0 saturated carbocycles. The van der Waals surface area contributed by atoms with Gasteiger partial charge in [0, 0.05) is 19.5 Å². The zero-order chi connectivity index (χ0) is 15.0. The summed E-state index contributed by atoms with van der Waals surface area (Å²) in [7, 11) is 0. The quantitative estimate of drug-likeness (QED) is 0.831. The van der Waals surface area contributed by atoms with Gasteiger partial charge in [-0.15, -0.1) is 0 Å². The van der Waals surface area contributed by atoms with Gasteiger partial charge in [-0.2, -0.15) is 0 Å². The summed E-state index contributed by atoms with van der Waals surface area (Å²) >= 11 is 0. The number of carbonyl (C=O) groups excluding carboxylic acids is 2. The molecular weight excluding hydrogens is 252 g/mol. The number of hydrogen-bond acceptors (Lipinski definition) is 2. The lowest BCUT2D eigenvalue weighted by molar-refractivity contribution is -0.140. The van der Waals surface area contributed by atoms with Crippen LogP contribution in [-0.4, -0.2) is 29.3 Å². The van der Waals surface area contributed by atoms with Crippen LogP contribution < -0.4 is 5.32 Å². The molecule has 1 N–H and O–H groups in total. The summed E-state index contributed by atoms with van der Waals surface area (Å²) < 4.78 is 0. The van der Waals surface area contributed by atoms with Gasteiger partial charge in [0.05, 0.1) is 0 Å². The number of carbonyl (C=O) groups is 2. The first kappa shape index (κ1) is 16.2. The molecule has 1 aromatic carbocycles. The first-order valence-electron chi connectivity index (χ1n) is 7.21. The maximum absolute atomic E-state index is 12.2. The minimum Gasteiger partial charge on any atom is -0.355 e. The summed E-state index contributed by atoms with van der Waals surface area (Å²) in [6, 6.07) is 9.31. The number of nitrogens with zero attached hydrogens (tertiary/aromatic N) is 1. The van der Waals surface area contributed by atoms with Crippen LogP contribution in [0.5, 0.6) is 0 Å². The molecule has 0 spiro atoms. The lowest BCUT2D eigenvalue weighted by Gasteiger charge is -2.28. The normalized spacial score (nSPS) is 11.8. The Morgan fingerprint density at radius 1 is 1.20 bits per heavy atom. The fraction of sp³-hybridized carbons (Fsp3) is 0.500. The van der Waals surface area contributed by atoms with Crippen LogP contribution in [0.4, 0.5) is 0 Å². The molecule has 0 fully saturated rings. The van der Waals surface area contributed by atoms with Gasteiger partial charge in [0.2, 0.25) is 11.8 Å². The molecule has 4 heteroatoms. The van der Waals surface area contributed by atoms with Crippen LogP contribution in [0.25, 0.3) is 0 Å². The van der Waals surface area contributed by atoms with Gasteiger partial charge in [-0.3, -0.25) is 9.59 Å². The van der Waals surface area contributed by atoms with Crippen LogP contribution in [-0.2, 0) is 16.1 Å². The fourth-order valence-corrected chi connectivity index (χ4v) is 2.04. The van der Waals surface area contributed by atoms with E-state index in [0.29, 0.717) is 19.5 Å². The van der Waals surface area contributed by atoms with Gasteiger partial charge in [0.1, 0.15) is 6.04 Å². The molecule has 0 saturated heterocycles. The Morgan fingerprint density at radius 2 is 1.85 bits per heavy atom. The minimum atomic E-state index is -0.450. The number of hydrogen-bond donors (Lipinski definition) is 1. The lowest BCUT2D eigenvalue weighted by atomic mass is 10.1. The molecule has 1 atom stereocenters. The zero-order valence-corrected chi connectivity index (χ0v) is 12.6. The third kappa shape index (κ3) is 4.68. The second kappa shape index (κ2) is 8.35. The average Bonchev–Trinajstić information content (AvgIpc) is 2.45. The second-order valence-corrected chi connectivity index (χ2v) is 4.83. The Morgan fingerprint density at radius 3 is 2.40 bits per heavy atom. The van der Waals surface area contributed by atoms with Crippen molar-refractivity contribution in [3.05, 3.63) is 35.9 Å². The fourth-order valence-electron chi connectivity index (χ4n) is 2.04. The van der Waals surface area contributed by atoms with E-state index in [1.165, 1.54) is 0 Å². The zero-order valence-electron chi connectivity index (χ0n) is 12.6. The van der Waals surface area contributed by atoms with E-state index >= 15 is 0 Å². The van der Waals surface area contributed by atoms with Crippen LogP contribution >= 0.6 is 0 Å². The van der Waals surface area contributed by atoms with Crippen molar-refractivity contribution in [1.29, 1.82) is 0 Å². The van der Waals surface area contributed by atoms with Gasteiger partial charge < -0.3 is 10.2 Å². The molecule has 0 aliphatic rings. The van der Waals surface area contributed by atoms with Crippen molar-refractivity contribution in [2.24, 2.45) is 0 Å². The van der Waals surface area contributed by atoms with Gasteiger partial charge in [-0.05, 0) is 25.8 Å². The van der Waals surface area contributed by atoms with Crippen LogP contribution in [0.15, 0.2) is 30.3 Å². The topological polar surface area (TPSA) is 49.4 Å². The number of nitrogens with one attached hydrogen (secondary N) is 1. The number of benzene rings is 1. The first-order valence-corrected chi connectivity index (χ1v) is 7.21. The highest BCUT2D eigenvalue weighted by Gasteiger charge is 2.24. The highest BCUT2D eigenvalue weighted by molar-refractivity contribution is 5.87. The summed E-state index contributed by atoms with van der Waals surface area (Å²) in [6.07, 6.45) is 1.25. The molecule has 0 aliphatic carbocycles. The van der Waals surface area contributed by atoms with E-state index in [-0.39, 0.29) is 11.8 Å². The smallest absolute Gasteiger partial charge is 0.242 e. The Bertz CT molecular complexity index is 431. The van der Waals surface area contributed by atoms with E-state index in [4.69, 9.17) is 0 Å². The van der Waals surface area contributed by atoms with E-state index in [1.807, 2.05) is 44.2 Å². The van der Waals surface area contributed by atoms with Crippen molar-refractivity contribution in [2.45, 2.75) is 46.2 Å². The van der Waals surface area contributed by atoms with E-state index in [0.717, 1.165) is 12.0 Å². The molecule has 0 aliphatic heterocycles. The minimum absolute atomic E-state index is 0.0232. The molecule has 4 nitrogen and oxygen atoms in total. The van der Waals surface area contributed by atoms with Crippen molar-refractivity contribution in [1.82, 2.24) is 10.2 Å². The summed E-state index contributed by atoms with van der Waals surface area (Å²) in [5, 5.41) is 2.78. The Balaban J connectivity index is 2.84. The van der Waals surface area contributed by atoms with E-state index < -0.39 is 6.04 Å². The monoisotopic (exact) mass is 276 g/mol.